The fraction of sp³-hybridized carbons (Fsp3) is 0.538. The van der Waals surface area contributed by atoms with Crippen molar-refractivity contribution in [1.82, 2.24) is 19.7 Å². The average Bonchev–Trinajstić information content (AvgIpc) is 3.14. The molecule has 14 heteroatoms. The van der Waals surface area contributed by atoms with Gasteiger partial charge in [0.1, 0.15) is 23.3 Å². The number of fused-ring (bicyclic) bond motifs is 1. The monoisotopic (exact) mass is 417 g/mol. The Hall–Kier alpha value is -1.84. The van der Waals surface area contributed by atoms with Gasteiger partial charge in [0.05, 0.1) is 18.1 Å². The smallest absolute Gasteiger partial charge is 0.333 e. The second-order valence-corrected chi connectivity index (χ2v) is 7.90. The van der Waals surface area contributed by atoms with Gasteiger partial charge in [0.25, 0.3) is 0 Å². The lowest BCUT2D eigenvalue weighted by atomic mass is 10.2. The highest BCUT2D eigenvalue weighted by Gasteiger charge is 2.37. The topological polar surface area (TPSA) is 181 Å². The number of rotatable bonds is 7. The number of nitrogens with two attached hydrogens (primary N) is 2. The summed E-state index contributed by atoms with van der Waals surface area (Å²) in [7, 11) is -2.46. The quantitative estimate of drug-likeness (QED) is 0.376. The van der Waals surface area contributed by atoms with E-state index < -0.39 is 35.3 Å². The van der Waals surface area contributed by atoms with Crippen LogP contribution in [-0.2, 0) is 19.2 Å². The Balaban J connectivity index is 1.87. The van der Waals surface area contributed by atoms with Crippen molar-refractivity contribution in [2.75, 3.05) is 25.1 Å². The van der Waals surface area contributed by atoms with Gasteiger partial charge in [-0.3, -0.25) is 9.18 Å². The van der Waals surface area contributed by atoms with E-state index in [1.807, 2.05) is 0 Å². The molecule has 2 aromatic heterocycles. The normalized spacial score (nSPS) is 23.6. The summed E-state index contributed by atoms with van der Waals surface area (Å²) >= 11 is 1.40. The van der Waals surface area contributed by atoms with Gasteiger partial charge in [-0.2, -0.15) is 13.5 Å². The standard InChI is InChI=1S/C13H19N7O5S2/c1-16-2-3-26-13-10-11(14)17-6-18-12(10)20(19-13)9-4-7(21)8(25-9)5-24-27(15,22)23/h2,6-9,21H,3-5H2,1H3,(H2,14,17,18)(H2,15,22,23)/b16-2+/t7-,8+,9+/m0/s1. The van der Waals surface area contributed by atoms with Crippen molar-refractivity contribution in [3.05, 3.63) is 6.33 Å². The molecule has 12 nitrogen and oxygen atoms in total. The van der Waals surface area contributed by atoms with Crippen molar-refractivity contribution >= 4 is 45.1 Å². The maximum Gasteiger partial charge on any atom is 0.333 e. The molecule has 2 aromatic rings. The number of nitrogens with zero attached hydrogens (tertiary/aromatic N) is 5. The van der Waals surface area contributed by atoms with Gasteiger partial charge in [0, 0.05) is 25.4 Å². The summed E-state index contributed by atoms with van der Waals surface area (Å²) in [5, 5.41) is 20.6. The molecule has 3 heterocycles. The molecule has 0 amide bonds. The Kier molecular flexibility index (Phi) is 5.92. The average molecular weight is 417 g/mol. The van der Waals surface area contributed by atoms with E-state index >= 15 is 0 Å². The molecule has 0 unspecified atom stereocenters. The maximum absolute atomic E-state index is 10.9. The molecule has 1 aliphatic heterocycles. The lowest BCUT2D eigenvalue weighted by molar-refractivity contribution is -0.0415. The van der Waals surface area contributed by atoms with E-state index in [2.05, 4.69) is 24.2 Å². The van der Waals surface area contributed by atoms with Gasteiger partial charge >= 0.3 is 10.3 Å². The van der Waals surface area contributed by atoms with Crippen LogP contribution in [0.15, 0.2) is 16.3 Å². The number of ether oxygens (including phenoxy) is 1. The van der Waals surface area contributed by atoms with Crippen LogP contribution in [0, 0.1) is 0 Å². The molecular weight excluding hydrogens is 398 g/mol. The Labute approximate surface area is 159 Å². The number of anilines is 1. The van der Waals surface area contributed by atoms with Crippen molar-refractivity contribution in [1.29, 1.82) is 0 Å². The number of aliphatic hydroxyl groups is 1. The van der Waals surface area contributed by atoms with Gasteiger partial charge in [-0.15, -0.1) is 0 Å². The van der Waals surface area contributed by atoms with Crippen molar-refractivity contribution in [3.8, 4) is 0 Å². The lowest BCUT2D eigenvalue weighted by Crippen LogP contribution is -2.30. The number of hydrogen-bond donors (Lipinski definition) is 3. The van der Waals surface area contributed by atoms with Crippen LogP contribution in [0.25, 0.3) is 11.0 Å². The number of aliphatic hydroxyl groups excluding tert-OH is 1. The maximum atomic E-state index is 10.9. The van der Waals surface area contributed by atoms with Gasteiger partial charge in [0.15, 0.2) is 11.9 Å². The molecule has 0 saturated carbocycles. The first-order valence-corrected chi connectivity index (χ1v) is 10.3. The minimum absolute atomic E-state index is 0.167. The molecule has 0 aromatic carbocycles. The molecule has 3 rings (SSSR count). The molecule has 0 radical (unpaired) electrons. The number of aliphatic imine (C=N–C) groups is 1. The molecule has 0 spiro atoms. The summed E-state index contributed by atoms with van der Waals surface area (Å²) < 4.78 is 33.6. The van der Waals surface area contributed by atoms with Crippen LogP contribution in [0.4, 0.5) is 5.82 Å². The van der Waals surface area contributed by atoms with Crippen LogP contribution in [0.1, 0.15) is 12.6 Å². The van der Waals surface area contributed by atoms with E-state index in [1.54, 1.807) is 13.3 Å². The number of aromatic nitrogens is 4. The highest BCUT2D eigenvalue weighted by Crippen LogP contribution is 2.35. The second-order valence-electron chi connectivity index (χ2n) is 5.67. The van der Waals surface area contributed by atoms with Crippen LogP contribution < -0.4 is 10.9 Å². The minimum atomic E-state index is -4.13. The van der Waals surface area contributed by atoms with Crippen LogP contribution in [0.5, 0.6) is 0 Å². The molecule has 1 aliphatic rings. The fourth-order valence-electron chi connectivity index (χ4n) is 2.63. The molecule has 27 heavy (non-hydrogen) atoms. The van der Waals surface area contributed by atoms with E-state index in [-0.39, 0.29) is 12.2 Å². The van der Waals surface area contributed by atoms with E-state index in [0.29, 0.717) is 21.8 Å². The molecule has 5 N–H and O–H groups in total. The van der Waals surface area contributed by atoms with Gasteiger partial charge < -0.3 is 15.6 Å². The molecule has 0 bridgehead atoms. The largest absolute Gasteiger partial charge is 0.390 e. The van der Waals surface area contributed by atoms with Gasteiger partial charge in [0.2, 0.25) is 0 Å². The van der Waals surface area contributed by atoms with E-state index in [0.717, 1.165) is 0 Å². The minimum Gasteiger partial charge on any atom is -0.390 e. The summed E-state index contributed by atoms with van der Waals surface area (Å²) in [6.45, 7) is -0.401. The SMILES string of the molecule is C/N=C/CSc1nn([C@H]2C[C@H](O)[C@@H](COS(N)(=O)=O)O2)c2ncnc(N)c12. The summed E-state index contributed by atoms with van der Waals surface area (Å²) in [4.78, 5) is 12.1. The predicted molar refractivity (Wildman–Crippen MR) is 98.5 cm³/mol. The third kappa shape index (κ3) is 4.53. The summed E-state index contributed by atoms with van der Waals surface area (Å²) in [5.74, 6) is 0.852. The number of thioether (sulfide) groups is 1. The van der Waals surface area contributed by atoms with Crippen LogP contribution in [0.2, 0.25) is 0 Å². The molecule has 148 valence electrons. The molecule has 1 saturated heterocycles. The molecule has 3 atom stereocenters. The molecular formula is C13H19N7O5S2. The number of nitrogen functional groups attached to an aromatic ring is 1. The van der Waals surface area contributed by atoms with Gasteiger partial charge in [-0.05, 0) is 0 Å². The zero-order valence-corrected chi connectivity index (χ0v) is 15.9. The van der Waals surface area contributed by atoms with Crippen molar-refractivity contribution in [2.45, 2.75) is 29.9 Å². The second kappa shape index (κ2) is 8.04. The van der Waals surface area contributed by atoms with Crippen molar-refractivity contribution < 1.29 is 22.4 Å². The zero-order valence-electron chi connectivity index (χ0n) is 14.3. The van der Waals surface area contributed by atoms with Crippen molar-refractivity contribution in [3.63, 3.8) is 0 Å². The number of hydrogen-bond acceptors (Lipinski definition) is 11. The first kappa shape index (κ1) is 19.9. The first-order valence-electron chi connectivity index (χ1n) is 7.83. The van der Waals surface area contributed by atoms with E-state index in [4.69, 9.17) is 15.6 Å². The van der Waals surface area contributed by atoms with E-state index in [9.17, 15) is 13.5 Å². The van der Waals surface area contributed by atoms with Gasteiger partial charge in [-0.1, -0.05) is 11.8 Å². The highest BCUT2D eigenvalue weighted by atomic mass is 32.2. The van der Waals surface area contributed by atoms with Gasteiger partial charge in [-0.25, -0.2) is 19.8 Å². The van der Waals surface area contributed by atoms with Crippen LogP contribution in [-0.4, -0.2) is 71.1 Å². The predicted octanol–water partition coefficient (Wildman–Crippen LogP) is -0.930. The van der Waals surface area contributed by atoms with E-state index in [1.165, 1.54) is 22.8 Å². The van der Waals surface area contributed by atoms with Crippen LogP contribution in [0.3, 0.4) is 0 Å². The fourth-order valence-corrected chi connectivity index (χ4v) is 3.82. The summed E-state index contributed by atoms with van der Waals surface area (Å²) in [5.41, 5.74) is 6.43. The first-order chi connectivity index (χ1) is 12.8. The molecule has 1 fully saturated rings. The molecule has 0 aliphatic carbocycles. The Morgan fingerprint density at radius 2 is 2.33 bits per heavy atom. The lowest BCUT2D eigenvalue weighted by Gasteiger charge is -2.14. The summed E-state index contributed by atoms with van der Waals surface area (Å²) in [6, 6.07) is 0. The Bertz CT molecular complexity index is 948. The zero-order chi connectivity index (χ0) is 19.6. The Morgan fingerprint density at radius 1 is 1.56 bits per heavy atom. The van der Waals surface area contributed by atoms with Crippen molar-refractivity contribution in [2.24, 2.45) is 10.1 Å². The highest BCUT2D eigenvalue weighted by molar-refractivity contribution is 8.00. The van der Waals surface area contributed by atoms with Crippen LogP contribution >= 0.6 is 11.8 Å². The third-order valence-corrected chi connectivity index (χ3v) is 5.18. The third-order valence-electron chi connectivity index (χ3n) is 3.84. The summed E-state index contributed by atoms with van der Waals surface area (Å²) in [6.07, 6.45) is 0.685. The Morgan fingerprint density at radius 3 is 3.04 bits per heavy atom.